The number of anilines is 1. The van der Waals surface area contributed by atoms with Crippen LogP contribution >= 0.6 is 22.6 Å². The Balaban J connectivity index is 1.46. The molecule has 0 atom stereocenters. The Labute approximate surface area is 123 Å². The molecule has 1 N–H and O–H groups in total. The molecule has 2 aliphatic rings. The van der Waals surface area contributed by atoms with Gasteiger partial charge in [-0.3, -0.25) is 0 Å². The Hall–Kier alpha value is -0.330. The average Bonchev–Trinajstić information content (AvgIpc) is 2.36. The minimum atomic E-state index is 0.863. The van der Waals surface area contributed by atoms with Crippen LogP contribution in [-0.4, -0.2) is 50.7 Å². The van der Waals surface area contributed by atoms with Crippen LogP contribution in [0.25, 0.3) is 0 Å². The lowest BCUT2D eigenvalue weighted by molar-refractivity contribution is 0.189. The van der Waals surface area contributed by atoms with Gasteiger partial charge in [-0.05, 0) is 46.9 Å². The zero-order chi connectivity index (χ0) is 12.4. The van der Waals surface area contributed by atoms with Crippen LogP contribution in [0.4, 0.5) is 5.69 Å². The number of nitrogens with zero attached hydrogens (tertiary/aromatic N) is 2. The minimum absolute atomic E-state index is 0.863. The summed E-state index contributed by atoms with van der Waals surface area (Å²) in [7, 11) is 0. The summed E-state index contributed by atoms with van der Waals surface area (Å²) in [6, 6.07) is 8.87. The fourth-order valence-corrected chi connectivity index (χ4v) is 3.17. The first-order chi connectivity index (χ1) is 8.81. The van der Waals surface area contributed by atoms with E-state index in [2.05, 4.69) is 62.0 Å². The second kappa shape index (κ2) is 5.75. The van der Waals surface area contributed by atoms with Crippen LogP contribution in [0.15, 0.2) is 24.3 Å². The van der Waals surface area contributed by atoms with E-state index in [1.165, 1.54) is 42.0 Å². The van der Waals surface area contributed by atoms with Gasteiger partial charge in [0.15, 0.2) is 0 Å². The molecule has 2 aliphatic heterocycles. The van der Waals surface area contributed by atoms with Crippen molar-refractivity contribution in [2.45, 2.75) is 0 Å². The molecule has 1 aromatic carbocycles. The van der Waals surface area contributed by atoms with Crippen LogP contribution in [-0.2, 0) is 0 Å². The summed E-state index contributed by atoms with van der Waals surface area (Å²) in [5.41, 5.74) is 1.38. The first kappa shape index (κ1) is 12.7. The largest absolute Gasteiger partial charge is 0.371 e. The molecule has 3 rings (SSSR count). The van der Waals surface area contributed by atoms with Crippen molar-refractivity contribution in [3.63, 3.8) is 0 Å². The van der Waals surface area contributed by atoms with Gasteiger partial charge in [-0.25, -0.2) is 0 Å². The molecule has 3 nitrogen and oxygen atoms in total. The van der Waals surface area contributed by atoms with E-state index in [0.717, 1.165) is 19.0 Å². The van der Waals surface area contributed by atoms with E-state index in [4.69, 9.17) is 0 Å². The molecule has 2 fully saturated rings. The molecule has 0 aromatic heterocycles. The van der Waals surface area contributed by atoms with Crippen molar-refractivity contribution in [2.24, 2.45) is 5.92 Å². The highest BCUT2D eigenvalue weighted by molar-refractivity contribution is 14.1. The van der Waals surface area contributed by atoms with Gasteiger partial charge in [-0.2, -0.15) is 0 Å². The molecule has 4 heteroatoms. The van der Waals surface area contributed by atoms with Crippen molar-refractivity contribution < 1.29 is 0 Å². The summed E-state index contributed by atoms with van der Waals surface area (Å²) in [5.74, 6) is 0.863. The average molecular weight is 357 g/mol. The number of hydrogen-bond donors (Lipinski definition) is 1. The maximum atomic E-state index is 3.41. The third kappa shape index (κ3) is 2.97. The van der Waals surface area contributed by atoms with E-state index < -0.39 is 0 Å². The fourth-order valence-electron chi connectivity index (χ4n) is 2.81. The van der Waals surface area contributed by atoms with Crippen molar-refractivity contribution in [3.05, 3.63) is 27.8 Å². The third-order valence-electron chi connectivity index (χ3n) is 3.87. The Morgan fingerprint density at radius 3 is 2.44 bits per heavy atom. The molecule has 0 bridgehead atoms. The third-order valence-corrected chi connectivity index (χ3v) is 4.59. The van der Waals surface area contributed by atoms with Gasteiger partial charge in [0, 0.05) is 61.0 Å². The van der Waals surface area contributed by atoms with Crippen LogP contribution in [0.1, 0.15) is 0 Å². The second-order valence-electron chi connectivity index (χ2n) is 5.30. The van der Waals surface area contributed by atoms with Crippen LogP contribution in [0, 0.1) is 9.49 Å². The van der Waals surface area contributed by atoms with Crippen LogP contribution in [0.5, 0.6) is 0 Å². The maximum Gasteiger partial charge on any atom is 0.0367 e. The molecule has 2 heterocycles. The molecular formula is C14H20IN3. The molecule has 1 aromatic rings. The molecule has 0 saturated carbocycles. The predicted molar refractivity (Wildman–Crippen MR) is 84.2 cm³/mol. The molecule has 0 aliphatic carbocycles. The van der Waals surface area contributed by atoms with Crippen molar-refractivity contribution in [3.8, 4) is 0 Å². The first-order valence-corrected chi connectivity index (χ1v) is 7.83. The standard InChI is InChI=1S/C14H20IN3/c15-13-1-3-14(4-2-13)18-10-12(11-18)9-17-7-5-16-6-8-17/h1-4,12,16H,5-11H2. The van der Waals surface area contributed by atoms with Gasteiger partial charge in [0.05, 0.1) is 0 Å². The first-order valence-electron chi connectivity index (χ1n) is 6.75. The molecule has 0 unspecified atom stereocenters. The predicted octanol–water partition coefficient (Wildman–Crippen LogP) is 1.63. The number of nitrogens with one attached hydrogen (secondary N) is 1. The monoisotopic (exact) mass is 357 g/mol. The van der Waals surface area contributed by atoms with Crippen molar-refractivity contribution >= 4 is 28.3 Å². The van der Waals surface area contributed by atoms with Gasteiger partial charge in [0.25, 0.3) is 0 Å². The summed E-state index contributed by atoms with van der Waals surface area (Å²) in [6.07, 6.45) is 0. The number of hydrogen-bond acceptors (Lipinski definition) is 3. The van der Waals surface area contributed by atoms with Crippen LogP contribution in [0.2, 0.25) is 0 Å². The lowest BCUT2D eigenvalue weighted by atomic mass is 9.98. The Kier molecular flexibility index (Phi) is 4.06. The summed E-state index contributed by atoms with van der Waals surface area (Å²) in [6.45, 7) is 8.50. The molecule has 18 heavy (non-hydrogen) atoms. The Morgan fingerprint density at radius 2 is 1.78 bits per heavy atom. The molecule has 0 spiro atoms. The van der Waals surface area contributed by atoms with Crippen molar-refractivity contribution in [1.29, 1.82) is 0 Å². The van der Waals surface area contributed by atoms with E-state index >= 15 is 0 Å². The van der Waals surface area contributed by atoms with Gasteiger partial charge in [-0.1, -0.05) is 0 Å². The second-order valence-corrected chi connectivity index (χ2v) is 6.54. The van der Waals surface area contributed by atoms with E-state index in [9.17, 15) is 0 Å². The number of benzene rings is 1. The highest BCUT2D eigenvalue weighted by Gasteiger charge is 2.28. The normalized spacial score (nSPS) is 21.9. The molecule has 0 amide bonds. The highest BCUT2D eigenvalue weighted by Crippen LogP contribution is 2.25. The molecular weight excluding hydrogens is 337 g/mol. The zero-order valence-electron chi connectivity index (χ0n) is 10.6. The van der Waals surface area contributed by atoms with Crippen molar-refractivity contribution in [1.82, 2.24) is 10.2 Å². The Bertz CT molecular complexity index is 381. The van der Waals surface area contributed by atoms with Gasteiger partial charge in [0.1, 0.15) is 0 Å². The van der Waals surface area contributed by atoms with Crippen molar-refractivity contribution in [2.75, 3.05) is 50.7 Å². The van der Waals surface area contributed by atoms with E-state index in [-0.39, 0.29) is 0 Å². The topological polar surface area (TPSA) is 18.5 Å². The fraction of sp³-hybridized carbons (Fsp3) is 0.571. The maximum absolute atomic E-state index is 3.41. The smallest absolute Gasteiger partial charge is 0.0367 e. The van der Waals surface area contributed by atoms with Gasteiger partial charge < -0.3 is 15.1 Å². The van der Waals surface area contributed by atoms with E-state index in [1.807, 2.05) is 0 Å². The van der Waals surface area contributed by atoms with E-state index in [0.29, 0.717) is 0 Å². The lowest BCUT2D eigenvalue weighted by Gasteiger charge is -2.44. The Morgan fingerprint density at radius 1 is 1.11 bits per heavy atom. The highest BCUT2D eigenvalue weighted by atomic mass is 127. The molecule has 0 radical (unpaired) electrons. The van der Waals surface area contributed by atoms with E-state index in [1.54, 1.807) is 0 Å². The summed E-state index contributed by atoms with van der Waals surface area (Å²) in [4.78, 5) is 5.09. The summed E-state index contributed by atoms with van der Waals surface area (Å²) >= 11 is 2.36. The minimum Gasteiger partial charge on any atom is -0.371 e. The van der Waals surface area contributed by atoms with Gasteiger partial charge in [0.2, 0.25) is 0 Å². The molecule has 2 saturated heterocycles. The molecule has 98 valence electrons. The van der Waals surface area contributed by atoms with Gasteiger partial charge in [-0.15, -0.1) is 0 Å². The summed E-state index contributed by atoms with van der Waals surface area (Å²) < 4.78 is 1.31. The number of piperazine rings is 1. The summed E-state index contributed by atoms with van der Waals surface area (Å²) in [5, 5.41) is 3.41. The SMILES string of the molecule is Ic1ccc(N2CC(CN3CCNCC3)C2)cc1. The van der Waals surface area contributed by atoms with Crippen LogP contribution in [0.3, 0.4) is 0 Å². The number of rotatable bonds is 3. The van der Waals surface area contributed by atoms with Crippen LogP contribution < -0.4 is 10.2 Å². The lowest BCUT2D eigenvalue weighted by Crippen LogP contribution is -2.54. The zero-order valence-corrected chi connectivity index (χ0v) is 12.8. The quantitative estimate of drug-likeness (QED) is 0.830. The number of halogens is 1. The van der Waals surface area contributed by atoms with Gasteiger partial charge >= 0.3 is 0 Å².